The van der Waals surface area contributed by atoms with Crippen LogP contribution >= 0.6 is 21.6 Å². The minimum absolute atomic E-state index is 0.0394. The van der Waals surface area contributed by atoms with E-state index in [1.165, 1.54) is 27.7 Å². The Labute approximate surface area is 212 Å². The molecule has 0 aliphatic carbocycles. The zero-order valence-electron chi connectivity index (χ0n) is 19.6. The summed E-state index contributed by atoms with van der Waals surface area (Å²) in [6.45, 7) is 4.35. The van der Waals surface area contributed by atoms with Gasteiger partial charge in [-0.15, -0.1) is 0 Å². The van der Waals surface area contributed by atoms with E-state index in [1.54, 1.807) is 18.2 Å². The van der Waals surface area contributed by atoms with Crippen molar-refractivity contribution in [1.82, 2.24) is 0 Å². The number of carbonyl (C=O) groups is 1. The van der Waals surface area contributed by atoms with Crippen LogP contribution < -0.4 is 10.4 Å². The summed E-state index contributed by atoms with van der Waals surface area (Å²) in [6, 6.07) is 26.3. The summed E-state index contributed by atoms with van der Waals surface area (Å²) in [5, 5.41) is 0.955. The molecule has 35 heavy (non-hydrogen) atoms. The van der Waals surface area contributed by atoms with Gasteiger partial charge < -0.3 is 13.9 Å². The van der Waals surface area contributed by atoms with Gasteiger partial charge in [0.1, 0.15) is 11.3 Å². The normalized spacial score (nSPS) is 11.5. The number of ether oxygens (including phenoxy) is 2. The summed E-state index contributed by atoms with van der Waals surface area (Å²) in [5.41, 5.74) is 1.72. The highest BCUT2D eigenvalue weighted by molar-refractivity contribution is 8.82. The number of carbonyl (C=O) groups excluding carboxylic acids is 1. The Morgan fingerprint density at radius 1 is 0.943 bits per heavy atom. The van der Waals surface area contributed by atoms with Gasteiger partial charge in [0.05, 0.1) is 6.61 Å². The zero-order valence-corrected chi connectivity index (χ0v) is 21.2. The van der Waals surface area contributed by atoms with E-state index >= 15 is 0 Å². The largest absolute Gasteiger partial charge is 0.467 e. The fourth-order valence-corrected chi connectivity index (χ4v) is 5.96. The van der Waals surface area contributed by atoms with Crippen molar-refractivity contribution in [2.24, 2.45) is 5.41 Å². The maximum Gasteiger partial charge on any atom is 0.336 e. The molecule has 0 atom stereocenters. The summed E-state index contributed by atoms with van der Waals surface area (Å²) >= 11 is 0. The lowest BCUT2D eigenvalue weighted by atomic mass is 9.87. The van der Waals surface area contributed by atoms with E-state index in [1.807, 2.05) is 62.4 Å². The lowest BCUT2D eigenvalue weighted by Crippen LogP contribution is -2.23. The van der Waals surface area contributed by atoms with E-state index in [-0.39, 0.29) is 11.9 Å². The second-order valence-corrected chi connectivity index (χ2v) is 10.8. The molecule has 0 radical (unpaired) electrons. The van der Waals surface area contributed by atoms with Gasteiger partial charge in [-0.25, -0.2) is 4.79 Å². The van der Waals surface area contributed by atoms with Crippen molar-refractivity contribution in [3.05, 3.63) is 106 Å². The molecule has 0 saturated carbocycles. The highest BCUT2D eigenvalue weighted by Gasteiger charge is 2.28. The van der Waals surface area contributed by atoms with Gasteiger partial charge in [-0.05, 0) is 63.4 Å². The van der Waals surface area contributed by atoms with E-state index in [9.17, 15) is 9.59 Å². The number of hydrogen-bond acceptors (Lipinski definition) is 7. The van der Waals surface area contributed by atoms with Gasteiger partial charge >= 0.3 is 5.63 Å². The number of hydrogen-bond donors (Lipinski definition) is 0. The standard InChI is InChI=1S/C28H26O5S2/c1-28(2,17-20-8-4-3-5-9-20)27(30)35-34-25-11-7-6-10-22(25)18-31-19-32-23-14-12-21-13-15-26(29)33-24(21)16-23/h3-16H,17-19H2,1-2H3. The maximum absolute atomic E-state index is 12.9. The van der Waals surface area contributed by atoms with Crippen molar-refractivity contribution in [3.63, 3.8) is 0 Å². The first kappa shape index (κ1) is 25.1. The monoisotopic (exact) mass is 506 g/mol. The Morgan fingerprint density at radius 2 is 1.69 bits per heavy atom. The molecule has 180 valence electrons. The molecule has 7 heteroatoms. The Kier molecular flexibility index (Phi) is 8.33. The first-order valence-corrected chi connectivity index (χ1v) is 13.3. The van der Waals surface area contributed by atoms with Crippen LogP contribution in [0, 0.1) is 5.41 Å². The third kappa shape index (κ3) is 7.01. The van der Waals surface area contributed by atoms with Crippen LogP contribution in [0.25, 0.3) is 11.0 Å². The third-order valence-electron chi connectivity index (χ3n) is 5.38. The van der Waals surface area contributed by atoms with Crippen LogP contribution in [-0.4, -0.2) is 11.9 Å². The molecule has 3 aromatic carbocycles. The molecule has 0 aliphatic rings. The minimum atomic E-state index is -0.475. The van der Waals surface area contributed by atoms with E-state index in [2.05, 4.69) is 12.1 Å². The molecule has 4 rings (SSSR count). The number of fused-ring (bicyclic) bond motifs is 1. The van der Waals surface area contributed by atoms with Crippen molar-refractivity contribution in [2.75, 3.05) is 6.79 Å². The van der Waals surface area contributed by atoms with Gasteiger partial charge in [0.15, 0.2) is 6.79 Å². The molecule has 1 aromatic heterocycles. The molecule has 0 spiro atoms. The van der Waals surface area contributed by atoms with Gasteiger partial charge in [0.25, 0.3) is 0 Å². The highest BCUT2D eigenvalue weighted by Crippen LogP contribution is 2.40. The molecule has 0 unspecified atom stereocenters. The van der Waals surface area contributed by atoms with Crippen LogP contribution in [-0.2, 0) is 22.6 Å². The predicted molar refractivity (Wildman–Crippen MR) is 142 cm³/mol. The van der Waals surface area contributed by atoms with Crippen molar-refractivity contribution in [1.29, 1.82) is 0 Å². The summed E-state index contributed by atoms with van der Waals surface area (Å²) < 4.78 is 16.6. The SMILES string of the molecule is CC(C)(Cc1ccccc1)C(=O)SSc1ccccc1COCOc1ccc2ccc(=O)oc2c1. The Bertz CT molecular complexity index is 1350. The average molecular weight is 507 g/mol. The first-order chi connectivity index (χ1) is 16.9. The summed E-state index contributed by atoms with van der Waals surface area (Å²) in [5.74, 6) is 0.552. The van der Waals surface area contributed by atoms with Crippen LogP contribution in [0.2, 0.25) is 0 Å². The van der Waals surface area contributed by atoms with E-state index < -0.39 is 11.0 Å². The Morgan fingerprint density at radius 3 is 2.51 bits per heavy atom. The smallest absolute Gasteiger partial charge is 0.336 e. The number of benzene rings is 3. The first-order valence-electron chi connectivity index (χ1n) is 11.2. The molecule has 4 aromatic rings. The lowest BCUT2D eigenvalue weighted by Gasteiger charge is -2.22. The topological polar surface area (TPSA) is 65.7 Å². The Hall–Kier alpha value is -3.00. The van der Waals surface area contributed by atoms with Crippen molar-refractivity contribution >= 4 is 37.7 Å². The minimum Gasteiger partial charge on any atom is -0.467 e. The van der Waals surface area contributed by atoms with Crippen LogP contribution in [0.4, 0.5) is 0 Å². The predicted octanol–water partition coefficient (Wildman–Crippen LogP) is 6.88. The Balaban J connectivity index is 1.29. The molecule has 0 aliphatic heterocycles. The van der Waals surface area contributed by atoms with Crippen molar-refractivity contribution < 1.29 is 18.7 Å². The van der Waals surface area contributed by atoms with E-state index in [0.717, 1.165) is 21.4 Å². The third-order valence-corrected chi connectivity index (χ3v) is 7.99. The average Bonchev–Trinajstić information content (AvgIpc) is 2.85. The molecule has 0 amide bonds. The summed E-state index contributed by atoms with van der Waals surface area (Å²) in [7, 11) is 2.72. The van der Waals surface area contributed by atoms with E-state index in [0.29, 0.717) is 24.4 Å². The number of rotatable bonds is 10. The molecule has 1 heterocycles. The molecular formula is C28H26O5S2. The molecule has 0 fully saturated rings. The van der Waals surface area contributed by atoms with Crippen molar-refractivity contribution in [2.45, 2.75) is 31.8 Å². The molecule has 0 N–H and O–H groups in total. The fraction of sp³-hybridized carbons (Fsp3) is 0.214. The second kappa shape index (κ2) is 11.6. The lowest BCUT2D eigenvalue weighted by molar-refractivity contribution is -0.118. The highest BCUT2D eigenvalue weighted by atomic mass is 33.1. The van der Waals surface area contributed by atoms with Gasteiger partial charge in [-0.3, -0.25) is 4.79 Å². The summed E-state index contributed by atoms with van der Waals surface area (Å²) in [4.78, 5) is 25.3. The van der Waals surface area contributed by atoms with Gasteiger partial charge in [0.2, 0.25) is 5.12 Å². The molecule has 0 saturated heterocycles. The molecule has 5 nitrogen and oxygen atoms in total. The van der Waals surface area contributed by atoms with Gasteiger partial charge in [-0.2, -0.15) is 0 Å². The van der Waals surface area contributed by atoms with E-state index in [4.69, 9.17) is 13.9 Å². The second-order valence-electron chi connectivity index (χ2n) is 8.67. The van der Waals surface area contributed by atoms with Gasteiger partial charge in [-0.1, -0.05) is 62.4 Å². The van der Waals surface area contributed by atoms with Crippen LogP contribution in [0.15, 0.2) is 99.0 Å². The molecule has 0 bridgehead atoms. The molecular weight excluding hydrogens is 480 g/mol. The maximum atomic E-state index is 12.9. The fourth-order valence-electron chi connectivity index (χ4n) is 3.47. The van der Waals surface area contributed by atoms with Crippen LogP contribution in [0.1, 0.15) is 25.0 Å². The summed E-state index contributed by atoms with van der Waals surface area (Å²) in [6.07, 6.45) is 0.695. The quantitative estimate of drug-likeness (QED) is 0.100. The zero-order chi connectivity index (χ0) is 24.7. The van der Waals surface area contributed by atoms with Crippen LogP contribution in [0.5, 0.6) is 5.75 Å². The van der Waals surface area contributed by atoms with Crippen LogP contribution in [0.3, 0.4) is 0 Å². The van der Waals surface area contributed by atoms with Gasteiger partial charge in [0, 0.05) is 27.8 Å². The van der Waals surface area contributed by atoms with Crippen molar-refractivity contribution in [3.8, 4) is 5.75 Å².